The van der Waals surface area contributed by atoms with Crippen LogP contribution in [-0.4, -0.2) is 12.1 Å². The van der Waals surface area contributed by atoms with Crippen molar-refractivity contribution >= 4 is 5.97 Å². The molecule has 4 rings (SSSR count). The molecule has 0 aromatic heterocycles. The first-order valence-electron chi connectivity index (χ1n) is 13.3. The molecule has 2 heteroatoms. The number of rotatable bonds is 5. The molecule has 4 aliphatic rings. The van der Waals surface area contributed by atoms with Crippen LogP contribution in [-0.2, 0) is 9.53 Å². The molecule has 0 aromatic rings. The van der Waals surface area contributed by atoms with Gasteiger partial charge in [0.15, 0.2) is 0 Å². The fourth-order valence-corrected chi connectivity index (χ4v) is 8.04. The number of carbonyl (C=O) groups excluding carboxylic acids is 1. The lowest BCUT2D eigenvalue weighted by molar-refractivity contribution is -0.145. The fraction of sp³-hybridized carbons (Fsp3) is 0.767. The van der Waals surface area contributed by atoms with E-state index in [0.717, 1.165) is 30.6 Å². The Morgan fingerprint density at radius 3 is 2.47 bits per heavy atom. The van der Waals surface area contributed by atoms with E-state index in [-0.39, 0.29) is 17.5 Å². The van der Waals surface area contributed by atoms with E-state index in [0.29, 0.717) is 29.1 Å². The fourth-order valence-electron chi connectivity index (χ4n) is 8.04. The minimum Gasteiger partial charge on any atom is -0.458 e. The Hall–Kier alpha value is -1.31. The number of esters is 1. The van der Waals surface area contributed by atoms with Crippen molar-refractivity contribution in [2.45, 2.75) is 93.1 Å². The van der Waals surface area contributed by atoms with Crippen molar-refractivity contribution in [1.82, 2.24) is 0 Å². The monoisotopic (exact) mass is 438 g/mol. The van der Waals surface area contributed by atoms with E-state index in [1.165, 1.54) is 38.2 Å². The predicted molar refractivity (Wildman–Crippen MR) is 133 cm³/mol. The first-order chi connectivity index (χ1) is 15.1. The number of ether oxygens (including phenoxy) is 1. The minimum atomic E-state index is -0.162. The summed E-state index contributed by atoms with van der Waals surface area (Å²) in [7, 11) is 0. The van der Waals surface area contributed by atoms with Gasteiger partial charge in [-0.3, -0.25) is 4.79 Å². The van der Waals surface area contributed by atoms with Crippen LogP contribution in [0.5, 0.6) is 0 Å². The molecule has 0 heterocycles. The summed E-state index contributed by atoms with van der Waals surface area (Å²) >= 11 is 0. The highest BCUT2D eigenvalue weighted by molar-refractivity contribution is 5.66. The van der Waals surface area contributed by atoms with Gasteiger partial charge in [-0.25, -0.2) is 0 Å². The molecule has 0 aromatic carbocycles. The summed E-state index contributed by atoms with van der Waals surface area (Å²) in [5, 5.41) is 0. The van der Waals surface area contributed by atoms with Crippen molar-refractivity contribution in [3.8, 4) is 0 Å². The molecule has 0 N–H and O–H groups in total. The topological polar surface area (TPSA) is 26.3 Å². The summed E-state index contributed by atoms with van der Waals surface area (Å²) in [5.74, 6) is 4.94. The third kappa shape index (κ3) is 4.05. The molecule has 0 saturated heterocycles. The summed E-state index contributed by atoms with van der Waals surface area (Å²) in [6, 6.07) is 0. The van der Waals surface area contributed by atoms with Crippen molar-refractivity contribution in [2.75, 3.05) is 0 Å². The van der Waals surface area contributed by atoms with Gasteiger partial charge in [0.1, 0.15) is 6.10 Å². The molecule has 2 fully saturated rings. The van der Waals surface area contributed by atoms with E-state index in [1.807, 2.05) is 0 Å². The smallest absolute Gasteiger partial charge is 0.303 e. The maximum atomic E-state index is 11.5. The number of carbonyl (C=O) groups is 1. The molecule has 2 saturated carbocycles. The largest absolute Gasteiger partial charge is 0.458 e. The molecule has 0 bridgehead atoms. The molecule has 0 unspecified atom stereocenters. The average Bonchev–Trinajstić information content (AvgIpc) is 3.08. The van der Waals surface area contributed by atoms with Crippen molar-refractivity contribution in [1.29, 1.82) is 0 Å². The maximum absolute atomic E-state index is 11.5. The first-order valence-corrected chi connectivity index (χ1v) is 13.3. The summed E-state index contributed by atoms with van der Waals surface area (Å²) in [6.45, 7) is 16.1. The number of hydrogen-bond donors (Lipinski definition) is 0. The molecule has 4 aliphatic carbocycles. The average molecular weight is 439 g/mol. The van der Waals surface area contributed by atoms with Crippen LogP contribution in [0.4, 0.5) is 0 Å². The van der Waals surface area contributed by atoms with E-state index < -0.39 is 0 Å². The van der Waals surface area contributed by atoms with Crippen molar-refractivity contribution in [3.05, 3.63) is 36.0 Å². The predicted octanol–water partition coefficient (Wildman–Crippen LogP) is 7.76. The van der Waals surface area contributed by atoms with E-state index in [9.17, 15) is 4.79 Å². The zero-order chi connectivity index (χ0) is 23.3. The van der Waals surface area contributed by atoms with Crippen molar-refractivity contribution < 1.29 is 9.53 Å². The lowest BCUT2D eigenvalue weighted by Gasteiger charge is -2.57. The van der Waals surface area contributed by atoms with Gasteiger partial charge in [0.2, 0.25) is 0 Å². The quantitative estimate of drug-likeness (QED) is 0.324. The van der Waals surface area contributed by atoms with E-state index in [2.05, 4.69) is 71.9 Å². The lowest BCUT2D eigenvalue weighted by Crippen LogP contribution is -2.49. The molecule has 0 spiro atoms. The second-order valence-corrected chi connectivity index (χ2v) is 12.5. The molecule has 0 radical (unpaired) electrons. The summed E-state index contributed by atoms with van der Waals surface area (Å²) in [6.07, 6.45) is 19.8. The standard InChI is InChI=1S/C30H46O2/c1-19(2)20(3)8-9-21(4)26-12-13-27-25-11-10-23-18-24(32-22(5)31)14-16-29(23,6)28(25)15-17-30(26,27)7/h8-11,18-21,24-28H,12-17H2,1-7H3/t20-,21+,24+,25-,26+,27-,28-,29-,30+/m0/s1. The van der Waals surface area contributed by atoms with Gasteiger partial charge in [0.05, 0.1) is 0 Å². The van der Waals surface area contributed by atoms with E-state index in [1.54, 1.807) is 0 Å². The van der Waals surface area contributed by atoms with E-state index in [4.69, 9.17) is 4.74 Å². The molecule has 178 valence electrons. The van der Waals surface area contributed by atoms with Gasteiger partial charge in [-0.2, -0.15) is 0 Å². The van der Waals surface area contributed by atoms with Gasteiger partial charge in [0, 0.05) is 6.92 Å². The molecular formula is C30H46O2. The van der Waals surface area contributed by atoms with Crippen LogP contribution in [0.25, 0.3) is 0 Å². The van der Waals surface area contributed by atoms with Crippen LogP contribution >= 0.6 is 0 Å². The zero-order valence-corrected chi connectivity index (χ0v) is 21.6. The maximum Gasteiger partial charge on any atom is 0.303 e. The molecule has 32 heavy (non-hydrogen) atoms. The highest BCUT2D eigenvalue weighted by Gasteiger charge is 2.58. The Morgan fingerprint density at radius 2 is 1.78 bits per heavy atom. The Bertz CT molecular complexity index is 804. The minimum absolute atomic E-state index is 0.0395. The SMILES string of the molecule is CC(=O)O[C@H]1C=C2C=C[C@H]3[C@@H]4CC[C@H]([C@H](C)C=C[C@H](C)C(C)C)[C@@]4(C)CC[C@@H]3[C@@]2(C)CC1. The van der Waals surface area contributed by atoms with Gasteiger partial charge in [0.25, 0.3) is 0 Å². The van der Waals surface area contributed by atoms with E-state index >= 15 is 0 Å². The van der Waals surface area contributed by atoms with Gasteiger partial charge < -0.3 is 4.74 Å². The van der Waals surface area contributed by atoms with Crippen LogP contribution in [0, 0.1) is 52.3 Å². The number of fused-ring (bicyclic) bond motifs is 5. The molecule has 0 aliphatic heterocycles. The van der Waals surface area contributed by atoms with Gasteiger partial charge >= 0.3 is 5.97 Å². The van der Waals surface area contributed by atoms with Crippen LogP contribution < -0.4 is 0 Å². The highest BCUT2D eigenvalue weighted by atomic mass is 16.5. The van der Waals surface area contributed by atoms with Gasteiger partial charge in [-0.1, -0.05) is 65.8 Å². The second kappa shape index (κ2) is 8.80. The summed E-state index contributed by atoms with van der Waals surface area (Å²) < 4.78 is 5.55. The normalized spacial score (nSPS) is 42.8. The van der Waals surface area contributed by atoms with Gasteiger partial charge in [-0.05, 0) is 102 Å². The molecule has 2 nitrogen and oxygen atoms in total. The number of hydrogen-bond acceptors (Lipinski definition) is 2. The Labute approximate surface area is 197 Å². The third-order valence-electron chi connectivity index (χ3n) is 10.4. The Kier molecular flexibility index (Phi) is 6.56. The zero-order valence-electron chi connectivity index (χ0n) is 21.6. The highest BCUT2D eigenvalue weighted by Crippen LogP contribution is 2.66. The molecule has 0 amide bonds. The second-order valence-electron chi connectivity index (χ2n) is 12.5. The Morgan fingerprint density at radius 1 is 1.03 bits per heavy atom. The first kappa shape index (κ1) is 23.8. The van der Waals surface area contributed by atoms with Crippen molar-refractivity contribution in [2.24, 2.45) is 52.3 Å². The molecular weight excluding hydrogens is 392 g/mol. The van der Waals surface area contributed by atoms with Gasteiger partial charge in [-0.15, -0.1) is 0 Å². The third-order valence-corrected chi connectivity index (χ3v) is 10.4. The van der Waals surface area contributed by atoms with Crippen LogP contribution in [0.15, 0.2) is 36.0 Å². The van der Waals surface area contributed by atoms with Crippen molar-refractivity contribution in [3.63, 3.8) is 0 Å². The summed E-state index contributed by atoms with van der Waals surface area (Å²) in [5.41, 5.74) is 2.13. The number of allylic oxidation sites excluding steroid dienone is 5. The van der Waals surface area contributed by atoms with Crippen LogP contribution in [0.2, 0.25) is 0 Å². The summed E-state index contributed by atoms with van der Waals surface area (Å²) in [4.78, 5) is 11.5. The lowest BCUT2D eigenvalue weighted by atomic mass is 9.48. The van der Waals surface area contributed by atoms with Crippen LogP contribution in [0.1, 0.15) is 87.0 Å². The molecule has 9 atom stereocenters. The Balaban J connectivity index is 1.54. The van der Waals surface area contributed by atoms with Crippen LogP contribution in [0.3, 0.4) is 0 Å².